The van der Waals surface area contributed by atoms with Crippen molar-refractivity contribution in [1.29, 1.82) is 0 Å². The molecule has 6 nitrogen and oxygen atoms in total. The highest BCUT2D eigenvalue weighted by atomic mass is 32.1. The number of aryl methyl sites for hydroxylation is 1. The van der Waals surface area contributed by atoms with Gasteiger partial charge in [0, 0.05) is 17.1 Å². The van der Waals surface area contributed by atoms with Gasteiger partial charge in [-0.05, 0) is 61.6 Å². The summed E-state index contributed by atoms with van der Waals surface area (Å²) in [4.78, 5) is 26.6. The van der Waals surface area contributed by atoms with E-state index >= 15 is 0 Å². The molecule has 1 heterocycles. The molecule has 0 radical (unpaired) electrons. The van der Waals surface area contributed by atoms with E-state index in [2.05, 4.69) is 16.0 Å². The summed E-state index contributed by atoms with van der Waals surface area (Å²) < 4.78 is 0. The summed E-state index contributed by atoms with van der Waals surface area (Å²) >= 11 is 5.37. The molecule has 1 aliphatic heterocycles. The van der Waals surface area contributed by atoms with Crippen molar-refractivity contribution in [1.82, 2.24) is 0 Å². The van der Waals surface area contributed by atoms with E-state index in [0.29, 0.717) is 10.8 Å². The predicted molar refractivity (Wildman–Crippen MR) is 128 cm³/mol. The van der Waals surface area contributed by atoms with Crippen molar-refractivity contribution in [2.45, 2.75) is 19.4 Å². The third kappa shape index (κ3) is 4.90. The van der Waals surface area contributed by atoms with E-state index in [4.69, 9.17) is 12.2 Å². The van der Waals surface area contributed by atoms with Gasteiger partial charge in [-0.25, -0.2) is 4.90 Å². The average molecular weight is 431 g/mol. The van der Waals surface area contributed by atoms with Gasteiger partial charge in [-0.3, -0.25) is 9.59 Å². The molecule has 4 rings (SSSR count). The monoisotopic (exact) mass is 430 g/mol. The zero-order chi connectivity index (χ0) is 21.8. The van der Waals surface area contributed by atoms with Crippen LogP contribution in [0.5, 0.6) is 0 Å². The van der Waals surface area contributed by atoms with E-state index < -0.39 is 6.04 Å². The first-order chi connectivity index (χ1) is 15.0. The minimum atomic E-state index is -0.613. The Morgan fingerprint density at radius 2 is 1.52 bits per heavy atom. The van der Waals surface area contributed by atoms with Gasteiger partial charge in [0.15, 0.2) is 5.11 Å². The Morgan fingerprint density at radius 1 is 0.871 bits per heavy atom. The van der Waals surface area contributed by atoms with E-state index in [9.17, 15) is 9.59 Å². The van der Waals surface area contributed by atoms with Gasteiger partial charge in [0.05, 0.1) is 12.1 Å². The number of hydrogen-bond acceptors (Lipinski definition) is 4. The fourth-order valence-electron chi connectivity index (χ4n) is 3.41. The second kappa shape index (κ2) is 8.97. The number of benzene rings is 3. The number of amides is 2. The van der Waals surface area contributed by atoms with E-state index in [1.807, 2.05) is 73.7 Å². The van der Waals surface area contributed by atoms with Crippen LogP contribution >= 0.6 is 12.2 Å². The Balaban J connectivity index is 1.41. The zero-order valence-electron chi connectivity index (χ0n) is 17.0. The van der Waals surface area contributed by atoms with Crippen LogP contribution in [0.25, 0.3) is 0 Å². The fourth-order valence-corrected chi connectivity index (χ4v) is 3.65. The van der Waals surface area contributed by atoms with Crippen molar-refractivity contribution in [3.63, 3.8) is 0 Å². The number of anilines is 4. The van der Waals surface area contributed by atoms with Gasteiger partial charge in [0.25, 0.3) is 5.91 Å². The number of imide groups is 1. The van der Waals surface area contributed by atoms with Crippen LogP contribution in [0.1, 0.15) is 12.0 Å². The minimum Gasteiger partial charge on any atom is -0.373 e. The first kappa shape index (κ1) is 20.6. The van der Waals surface area contributed by atoms with Crippen LogP contribution in [0.3, 0.4) is 0 Å². The molecular weight excluding hydrogens is 408 g/mol. The second-order valence-electron chi connectivity index (χ2n) is 7.33. The van der Waals surface area contributed by atoms with Crippen LogP contribution in [0.2, 0.25) is 0 Å². The van der Waals surface area contributed by atoms with Gasteiger partial charge in [0.2, 0.25) is 5.91 Å². The van der Waals surface area contributed by atoms with Crippen LogP contribution in [0.4, 0.5) is 22.7 Å². The highest BCUT2D eigenvalue weighted by Gasteiger charge is 2.39. The lowest BCUT2D eigenvalue weighted by atomic mass is 10.2. The molecule has 156 valence electrons. The highest BCUT2D eigenvalue weighted by molar-refractivity contribution is 7.80. The molecule has 7 heteroatoms. The number of para-hydroxylation sites is 1. The van der Waals surface area contributed by atoms with Crippen LogP contribution < -0.4 is 20.9 Å². The third-order valence-electron chi connectivity index (χ3n) is 4.93. The first-order valence-corrected chi connectivity index (χ1v) is 10.3. The Bertz CT molecular complexity index is 1120. The maximum absolute atomic E-state index is 12.9. The van der Waals surface area contributed by atoms with Crippen molar-refractivity contribution >= 4 is 51.9 Å². The lowest BCUT2D eigenvalue weighted by molar-refractivity contribution is -0.121. The molecule has 1 fully saturated rings. The number of nitrogens with zero attached hydrogens (tertiary/aromatic N) is 1. The number of thiocarbonyl (C=S) groups is 1. The molecule has 3 aromatic rings. The molecule has 0 spiro atoms. The largest absolute Gasteiger partial charge is 0.373 e. The standard InChI is InChI=1S/C24H22N4O2S/c1-16-10-12-20(13-11-16)28-22(29)15-21(23(28)30)25-18-8-5-9-19(14-18)27-24(31)26-17-6-3-2-4-7-17/h2-14,21,25H,15H2,1H3,(H2,26,27,31). The summed E-state index contributed by atoms with van der Waals surface area (Å²) in [6.07, 6.45) is 0.109. The van der Waals surface area contributed by atoms with Crippen LogP contribution in [-0.2, 0) is 9.59 Å². The lowest BCUT2D eigenvalue weighted by Gasteiger charge is -2.17. The molecule has 1 unspecified atom stereocenters. The van der Waals surface area contributed by atoms with E-state index in [1.54, 1.807) is 12.1 Å². The summed E-state index contributed by atoms with van der Waals surface area (Å²) in [5.74, 6) is -0.470. The molecular formula is C24H22N4O2S. The summed E-state index contributed by atoms with van der Waals surface area (Å²) in [5.41, 5.74) is 4.05. The van der Waals surface area contributed by atoms with Gasteiger partial charge >= 0.3 is 0 Å². The van der Waals surface area contributed by atoms with E-state index in [0.717, 1.165) is 22.6 Å². The zero-order valence-corrected chi connectivity index (χ0v) is 17.8. The Morgan fingerprint density at radius 3 is 2.26 bits per heavy atom. The summed E-state index contributed by atoms with van der Waals surface area (Å²) in [5, 5.41) is 9.89. The topological polar surface area (TPSA) is 73.5 Å². The SMILES string of the molecule is Cc1ccc(N2C(=O)CC(Nc3cccc(NC(=S)Nc4ccccc4)c3)C2=O)cc1. The minimum absolute atomic E-state index is 0.109. The molecule has 2 amide bonds. The van der Waals surface area contributed by atoms with Gasteiger partial charge in [-0.15, -0.1) is 0 Å². The number of nitrogens with one attached hydrogen (secondary N) is 3. The smallest absolute Gasteiger partial charge is 0.256 e. The molecule has 0 aliphatic carbocycles. The molecule has 1 saturated heterocycles. The van der Waals surface area contributed by atoms with Crippen molar-refractivity contribution < 1.29 is 9.59 Å². The van der Waals surface area contributed by atoms with Gasteiger partial charge < -0.3 is 16.0 Å². The molecule has 3 aromatic carbocycles. The molecule has 3 N–H and O–H groups in total. The Kier molecular flexibility index (Phi) is 5.95. The molecule has 0 saturated carbocycles. The van der Waals surface area contributed by atoms with Crippen LogP contribution in [0, 0.1) is 6.92 Å². The maximum Gasteiger partial charge on any atom is 0.256 e. The predicted octanol–water partition coefficient (Wildman–Crippen LogP) is 4.55. The van der Waals surface area contributed by atoms with Gasteiger partial charge in [0.1, 0.15) is 6.04 Å². The van der Waals surface area contributed by atoms with E-state index in [1.165, 1.54) is 4.90 Å². The average Bonchev–Trinajstić information content (AvgIpc) is 3.02. The highest BCUT2D eigenvalue weighted by Crippen LogP contribution is 2.26. The Hall–Kier alpha value is -3.71. The summed E-state index contributed by atoms with van der Waals surface area (Å²) in [6.45, 7) is 1.96. The molecule has 31 heavy (non-hydrogen) atoms. The van der Waals surface area contributed by atoms with Crippen LogP contribution in [0.15, 0.2) is 78.9 Å². The molecule has 0 bridgehead atoms. The van der Waals surface area contributed by atoms with E-state index in [-0.39, 0.29) is 18.2 Å². The van der Waals surface area contributed by atoms with Gasteiger partial charge in [-0.2, -0.15) is 0 Å². The second-order valence-corrected chi connectivity index (χ2v) is 7.74. The summed E-state index contributed by atoms with van der Waals surface area (Å²) in [6, 6.07) is 23.8. The fraction of sp³-hybridized carbons (Fsp3) is 0.125. The number of rotatable bonds is 5. The molecule has 0 aromatic heterocycles. The van der Waals surface area contributed by atoms with Crippen LogP contribution in [-0.4, -0.2) is 23.0 Å². The Labute approximate surface area is 186 Å². The van der Waals surface area contributed by atoms with Gasteiger partial charge in [-0.1, -0.05) is 42.0 Å². The van der Waals surface area contributed by atoms with Crippen molar-refractivity contribution in [2.75, 3.05) is 20.9 Å². The quantitative estimate of drug-likeness (QED) is 0.407. The number of hydrogen-bond donors (Lipinski definition) is 3. The lowest BCUT2D eigenvalue weighted by Crippen LogP contribution is -2.34. The van der Waals surface area contributed by atoms with Crippen molar-refractivity contribution in [3.05, 3.63) is 84.4 Å². The molecule has 1 aliphatic rings. The van der Waals surface area contributed by atoms with Crippen molar-refractivity contribution in [2.24, 2.45) is 0 Å². The number of carbonyl (C=O) groups is 2. The molecule has 1 atom stereocenters. The van der Waals surface area contributed by atoms with Crippen molar-refractivity contribution in [3.8, 4) is 0 Å². The summed E-state index contributed by atoms with van der Waals surface area (Å²) in [7, 11) is 0. The maximum atomic E-state index is 12.9. The number of carbonyl (C=O) groups excluding carboxylic acids is 2. The normalized spacial score (nSPS) is 15.6. The third-order valence-corrected chi connectivity index (χ3v) is 5.14. The first-order valence-electron chi connectivity index (χ1n) is 9.93.